The van der Waals surface area contributed by atoms with Crippen LogP contribution in [0.4, 0.5) is 4.39 Å². The van der Waals surface area contributed by atoms with Gasteiger partial charge in [-0.1, -0.05) is 11.6 Å². The van der Waals surface area contributed by atoms with Gasteiger partial charge in [0.1, 0.15) is 0 Å². The molecule has 0 radical (unpaired) electrons. The van der Waals surface area contributed by atoms with Gasteiger partial charge in [0.2, 0.25) is 9.05 Å². The highest BCUT2D eigenvalue weighted by Crippen LogP contribution is 2.29. The Hall–Kier alpha value is -0.520. The summed E-state index contributed by atoms with van der Waals surface area (Å²) in [6, 6.07) is 2.66. The Labute approximate surface area is 96.2 Å². The lowest BCUT2D eigenvalue weighted by molar-refractivity contribution is 0.385. The summed E-state index contributed by atoms with van der Waals surface area (Å²) < 4.78 is 39.8. The van der Waals surface area contributed by atoms with Crippen LogP contribution in [0.25, 0.3) is 0 Å². The van der Waals surface area contributed by atoms with Crippen LogP contribution < -0.4 is 4.74 Å². The van der Waals surface area contributed by atoms with E-state index in [0.717, 1.165) is 0 Å². The van der Waals surface area contributed by atoms with Crippen LogP contribution in [0.1, 0.15) is 5.56 Å². The van der Waals surface area contributed by atoms with Crippen molar-refractivity contribution in [3.8, 4) is 5.75 Å². The van der Waals surface area contributed by atoms with E-state index in [0.29, 0.717) is 0 Å². The van der Waals surface area contributed by atoms with E-state index in [1.165, 1.54) is 19.2 Å². The fraction of sp³-hybridized carbons (Fsp3) is 0.250. The molecule has 0 saturated heterocycles. The van der Waals surface area contributed by atoms with Crippen molar-refractivity contribution < 1.29 is 17.5 Å². The molecule has 0 aliphatic heterocycles. The minimum atomic E-state index is -3.85. The zero-order valence-electron chi connectivity index (χ0n) is 7.63. The second-order valence-corrected chi connectivity index (χ2v) is 5.91. The predicted octanol–water partition coefficient (Wildman–Crippen LogP) is 2.56. The molecule has 0 bridgehead atoms. The maximum absolute atomic E-state index is 13.5. The van der Waals surface area contributed by atoms with E-state index in [1.807, 2.05) is 0 Å². The van der Waals surface area contributed by atoms with Gasteiger partial charge in [0.05, 0.1) is 12.9 Å². The SMILES string of the molecule is COc1ccc(Cl)c(CS(=O)(=O)Cl)c1F. The lowest BCUT2D eigenvalue weighted by Gasteiger charge is -2.07. The van der Waals surface area contributed by atoms with Crippen molar-refractivity contribution in [3.05, 3.63) is 28.5 Å². The minimum absolute atomic E-state index is 0.00229. The van der Waals surface area contributed by atoms with E-state index in [1.54, 1.807) is 0 Å². The summed E-state index contributed by atoms with van der Waals surface area (Å²) in [6.07, 6.45) is 0. The first-order valence-corrected chi connectivity index (χ1v) is 6.64. The number of rotatable bonds is 3. The van der Waals surface area contributed by atoms with E-state index in [2.05, 4.69) is 4.74 Å². The first kappa shape index (κ1) is 12.5. The van der Waals surface area contributed by atoms with Gasteiger partial charge in [-0.15, -0.1) is 0 Å². The van der Waals surface area contributed by atoms with E-state index in [9.17, 15) is 12.8 Å². The molecule has 84 valence electrons. The molecule has 0 atom stereocenters. The third kappa shape index (κ3) is 3.22. The fourth-order valence-corrected chi connectivity index (χ4v) is 2.28. The van der Waals surface area contributed by atoms with Crippen LogP contribution in [-0.4, -0.2) is 15.5 Å². The summed E-state index contributed by atoms with van der Waals surface area (Å²) in [5.41, 5.74) is -0.189. The number of methoxy groups -OCH3 is 1. The van der Waals surface area contributed by atoms with Gasteiger partial charge < -0.3 is 4.74 Å². The molecule has 0 spiro atoms. The van der Waals surface area contributed by atoms with Gasteiger partial charge in [-0.3, -0.25) is 0 Å². The Balaban J connectivity index is 3.27. The molecule has 0 aliphatic rings. The molecule has 0 amide bonds. The van der Waals surface area contributed by atoms with Gasteiger partial charge in [-0.05, 0) is 12.1 Å². The third-order valence-corrected chi connectivity index (χ3v) is 3.00. The highest BCUT2D eigenvalue weighted by atomic mass is 35.7. The Bertz CT molecular complexity index is 473. The van der Waals surface area contributed by atoms with Crippen molar-refractivity contribution in [2.75, 3.05) is 7.11 Å². The Kier molecular flexibility index (Phi) is 3.81. The topological polar surface area (TPSA) is 43.4 Å². The smallest absolute Gasteiger partial charge is 0.236 e. The largest absolute Gasteiger partial charge is 0.494 e. The quantitative estimate of drug-likeness (QED) is 0.795. The van der Waals surface area contributed by atoms with Gasteiger partial charge in [0.25, 0.3) is 0 Å². The average molecular weight is 273 g/mol. The summed E-state index contributed by atoms with van der Waals surface area (Å²) >= 11 is 5.65. The van der Waals surface area contributed by atoms with Gasteiger partial charge in [-0.25, -0.2) is 12.8 Å². The molecule has 0 aromatic heterocycles. The standard InChI is InChI=1S/C8H7Cl2FO3S/c1-14-7-3-2-6(9)5(8(7)11)4-15(10,12)13/h2-3H,4H2,1H3. The van der Waals surface area contributed by atoms with Gasteiger partial charge >= 0.3 is 0 Å². The maximum Gasteiger partial charge on any atom is 0.236 e. The molecule has 7 heteroatoms. The first-order valence-electron chi connectivity index (χ1n) is 3.78. The number of benzene rings is 1. The van der Waals surface area contributed by atoms with Crippen LogP contribution in [0.15, 0.2) is 12.1 Å². The molecular weight excluding hydrogens is 266 g/mol. The number of halogens is 3. The predicted molar refractivity (Wildman–Crippen MR) is 56.4 cm³/mol. The Morgan fingerprint density at radius 2 is 2.07 bits per heavy atom. The van der Waals surface area contributed by atoms with E-state index in [-0.39, 0.29) is 16.3 Å². The van der Waals surface area contributed by atoms with Crippen molar-refractivity contribution in [2.45, 2.75) is 5.75 Å². The lowest BCUT2D eigenvalue weighted by Crippen LogP contribution is -2.01. The van der Waals surface area contributed by atoms with Crippen LogP contribution in [0.3, 0.4) is 0 Å². The zero-order chi connectivity index (χ0) is 11.6. The summed E-state index contributed by atoms with van der Waals surface area (Å²) in [4.78, 5) is 0. The second kappa shape index (κ2) is 4.55. The summed E-state index contributed by atoms with van der Waals surface area (Å²) in [6.45, 7) is 0. The van der Waals surface area contributed by atoms with Crippen molar-refractivity contribution in [2.24, 2.45) is 0 Å². The second-order valence-electron chi connectivity index (χ2n) is 2.73. The van der Waals surface area contributed by atoms with Crippen molar-refractivity contribution in [1.29, 1.82) is 0 Å². The summed E-state index contributed by atoms with van der Waals surface area (Å²) in [7, 11) is 2.43. The van der Waals surface area contributed by atoms with E-state index < -0.39 is 20.6 Å². The van der Waals surface area contributed by atoms with Crippen LogP contribution >= 0.6 is 22.3 Å². The molecule has 1 aromatic rings. The van der Waals surface area contributed by atoms with E-state index in [4.69, 9.17) is 22.3 Å². The Morgan fingerprint density at radius 1 is 1.47 bits per heavy atom. The van der Waals surface area contributed by atoms with Gasteiger partial charge in [0, 0.05) is 21.3 Å². The molecule has 0 heterocycles. The molecule has 3 nitrogen and oxygen atoms in total. The Morgan fingerprint density at radius 3 is 2.53 bits per heavy atom. The molecule has 1 aromatic carbocycles. The minimum Gasteiger partial charge on any atom is -0.494 e. The molecule has 0 aliphatic carbocycles. The molecule has 1 rings (SSSR count). The van der Waals surface area contributed by atoms with Crippen molar-refractivity contribution >= 4 is 31.3 Å². The average Bonchev–Trinajstić information content (AvgIpc) is 2.11. The molecular formula is C8H7Cl2FO3S. The molecule has 0 N–H and O–H groups in total. The first-order chi connectivity index (χ1) is 6.85. The monoisotopic (exact) mass is 272 g/mol. The van der Waals surface area contributed by atoms with Crippen LogP contribution in [0.2, 0.25) is 5.02 Å². The normalized spacial score (nSPS) is 11.5. The number of hydrogen-bond donors (Lipinski definition) is 0. The molecule has 15 heavy (non-hydrogen) atoms. The van der Waals surface area contributed by atoms with Crippen molar-refractivity contribution in [1.82, 2.24) is 0 Å². The number of ether oxygens (including phenoxy) is 1. The van der Waals surface area contributed by atoms with Crippen molar-refractivity contribution in [3.63, 3.8) is 0 Å². The summed E-state index contributed by atoms with van der Waals surface area (Å²) in [5, 5.41) is -0.00229. The van der Waals surface area contributed by atoms with Crippen LogP contribution in [0.5, 0.6) is 5.75 Å². The van der Waals surface area contributed by atoms with E-state index >= 15 is 0 Å². The third-order valence-electron chi connectivity index (χ3n) is 1.69. The zero-order valence-corrected chi connectivity index (χ0v) is 9.96. The van der Waals surface area contributed by atoms with Gasteiger partial charge in [-0.2, -0.15) is 0 Å². The fourth-order valence-electron chi connectivity index (χ4n) is 1.04. The highest BCUT2D eigenvalue weighted by Gasteiger charge is 2.18. The number of hydrogen-bond acceptors (Lipinski definition) is 3. The van der Waals surface area contributed by atoms with Crippen LogP contribution in [0, 0.1) is 5.82 Å². The van der Waals surface area contributed by atoms with Gasteiger partial charge in [0.15, 0.2) is 11.6 Å². The molecule has 0 unspecified atom stereocenters. The summed E-state index contributed by atoms with van der Waals surface area (Å²) in [5.74, 6) is -1.56. The lowest BCUT2D eigenvalue weighted by atomic mass is 10.2. The highest BCUT2D eigenvalue weighted by molar-refractivity contribution is 8.13. The maximum atomic E-state index is 13.5. The van der Waals surface area contributed by atoms with Crippen LogP contribution in [-0.2, 0) is 14.8 Å². The molecule has 0 fully saturated rings. The molecule has 0 saturated carbocycles.